The van der Waals surface area contributed by atoms with Crippen LogP contribution >= 0.6 is 39.1 Å². The van der Waals surface area contributed by atoms with Gasteiger partial charge in [-0.3, -0.25) is 4.79 Å². The van der Waals surface area contributed by atoms with Crippen molar-refractivity contribution in [3.8, 4) is 17.2 Å². The number of hydrazone groups is 1. The molecule has 0 aliphatic heterocycles. The van der Waals surface area contributed by atoms with Gasteiger partial charge in [0, 0.05) is 9.50 Å². The number of nitrogens with one attached hydrogen (secondary N) is 1. The van der Waals surface area contributed by atoms with Crippen LogP contribution in [0.2, 0.25) is 10.0 Å². The van der Waals surface area contributed by atoms with E-state index in [4.69, 9.17) is 37.4 Å². The molecule has 0 unspecified atom stereocenters. The predicted octanol–water partition coefficient (Wildman–Crippen LogP) is 5.51. The zero-order valence-corrected chi connectivity index (χ0v) is 20.3. The molecule has 0 heterocycles. The number of carbonyl (C=O) groups is 2. The van der Waals surface area contributed by atoms with Gasteiger partial charge in [-0.15, -0.1) is 0 Å². The summed E-state index contributed by atoms with van der Waals surface area (Å²) in [6.07, 6.45) is 1.41. The highest BCUT2D eigenvalue weighted by Crippen LogP contribution is 2.29. The Hall–Kier alpha value is -3.07. The fraction of sp³-hybridized carbons (Fsp3) is 0.0870. The maximum Gasteiger partial charge on any atom is 0.343 e. The number of hydrogen-bond donors (Lipinski definition) is 1. The minimum Gasteiger partial charge on any atom is -0.493 e. The highest BCUT2D eigenvalue weighted by molar-refractivity contribution is 9.10. The smallest absolute Gasteiger partial charge is 0.343 e. The normalized spacial score (nSPS) is 10.7. The Kier molecular flexibility index (Phi) is 8.71. The molecule has 0 aliphatic carbocycles. The van der Waals surface area contributed by atoms with E-state index in [-0.39, 0.29) is 12.4 Å². The third-order valence-electron chi connectivity index (χ3n) is 4.11. The first-order chi connectivity index (χ1) is 15.9. The van der Waals surface area contributed by atoms with Gasteiger partial charge in [0.15, 0.2) is 18.1 Å². The van der Waals surface area contributed by atoms with Crippen LogP contribution in [0.1, 0.15) is 15.9 Å². The molecule has 7 nitrogen and oxygen atoms in total. The summed E-state index contributed by atoms with van der Waals surface area (Å²) in [6.45, 7) is -0.285. The first-order valence-electron chi connectivity index (χ1n) is 9.41. The van der Waals surface area contributed by atoms with Crippen LogP contribution in [-0.2, 0) is 4.79 Å². The maximum atomic E-state index is 12.4. The standard InChI is InChI=1S/C23H17BrCl2N2O5/c1-31-21-9-14(5-7-20(21)33-23(30)15-3-2-4-16(24)10-15)12-27-28-22(29)13-32-19-8-6-17(25)11-18(19)26/h2-12H,13H2,1H3,(H,28,29). The zero-order valence-electron chi connectivity index (χ0n) is 17.2. The number of nitrogens with zero attached hydrogens (tertiary/aromatic N) is 1. The highest BCUT2D eigenvalue weighted by Gasteiger charge is 2.13. The highest BCUT2D eigenvalue weighted by atomic mass is 79.9. The molecule has 33 heavy (non-hydrogen) atoms. The molecule has 0 aliphatic rings. The van der Waals surface area contributed by atoms with Gasteiger partial charge in [-0.05, 0) is 60.2 Å². The van der Waals surface area contributed by atoms with E-state index in [0.717, 1.165) is 4.47 Å². The van der Waals surface area contributed by atoms with Crippen molar-refractivity contribution in [3.63, 3.8) is 0 Å². The Labute approximate surface area is 208 Å². The lowest BCUT2D eigenvalue weighted by molar-refractivity contribution is -0.123. The van der Waals surface area contributed by atoms with E-state index in [2.05, 4.69) is 26.5 Å². The van der Waals surface area contributed by atoms with Crippen molar-refractivity contribution < 1.29 is 23.8 Å². The maximum absolute atomic E-state index is 12.4. The monoisotopic (exact) mass is 550 g/mol. The molecule has 0 aromatic heterocycles. The largest absolute Gasteiger partial charge is 0.493 e. The third-order valence-corrected chi connectivity index (χ3v) is 5.13. The van der Waals surface area contributed by atoms with E-state index in [1.54, 1.807) is 48.5 Å². The summed E-state index contributed by atoms with van der Waals surface area (Å²) in [5, 5.41) is 4.65. The fourth-order valence-electron chi connectivity index (χ4n) is 2.57. The summed E-state index contributed by atoms with van der Waals surface area (Å²) in [4.78, 5) is 24.3. The van der Waals surface area contributed by atoms with Crippen LogP contribution in [0.3, 0.4) is 0 Å². The summed E-state index contributed by atoms with van der Waals surface area (Å²) in [7, 11) is 1.45. The first-order valence-corrected chi connectivity index (χ1v) is 11.0. The van der Waals surface area contributed by atoms with Gasteiger partial charge in [-0.25, -0.2) is 10.2 Å². The van der Waals surface area contributed by atoms with Crippen molar-refractivity contribution in [1.29, 1.82) is 0 Å². The molecule has 3 aromatic carbocycles. The number of hydrogen-bond acceptors (Lipinski definition) is 6. The van der Waals surface area contributed by atoms with E-state index < -0.39 is 11.9 Å². The van der Waals surface area contributed by atoms with Gasteiger partial charge in [0.05, 0.1) is 23.9 Å². The van der Waals surface area contributed by atoms with E-state index in [1.807, 2.05) is 6.07 Å². The molecule has 1 N–H and O–H groups in total. The van der Waals surface area contributed by atoms with Crippen molar-refractivity contribution in [3.05, 3.63) is 86.3 Å². The summed E-state index contributed by atoms with van der Waals surface area (Å²) >= 11 is 15.1. The predicted molar refractivity (Wildman–Crippen MR) is 130 cm³/mol. The average Bonchev–Trinajstić information content (AvgIpc) is 2.79. The number of ether oxygens (including phenoxy) is 3. The Balaban J connectivity index is 1.57. The lowest BCUT2D eigenvalue weighted by atomic mass is 10.2. The number of rotatable bonds is 8. The van der Waals surface area contributed by atoms with Crippen molar-refractivity contribution >= 4 is 57.2 Å². The molecule has 0 fully saturated rings. The van der Waals surface area contributed by atoms with Crippen LogP contribution in [0.5, 0.6) is 17.2 Å². The number of benzene rings is 3. The van der Waals surface area contributed by atoms with Gasteiger partial charge in [-0.2, -0.15) is 5.10 Å². The molecule has 0 atom stereocenters. The molecule has 0 bridgehead atoms. The Morgan fingerprint density at radius 3 is 2.55 bits per heavy atom. The summed E-state index contributed by atoms with van der Waals surface area (Å²) < 4.78 is 16.8. The van der Waals surface area contributed by atoms with Gasteiger partial charge in [-0.1, -0.05) is 45.2 Å². The van der Waals surface area contributed by atoms with Crippen molar-refractivity contribution in [2.75, 3.05) is 13.7 Å². The van der Waals surface area contributed by atoms with Crippen molar-refractivity contribution in [2.45, 2.75) is 0 Å². The topological polar surface area (TPSA) is 86.2 Å². The van der Waals surface area contributed by atoms with E-state index >= 15 is 0 Å². The lowest BCUT2D eigenvalue weighted by Crippen LogP contribution is -2.24. The average molecular weight is 552 g/mol. The number of halogens is 3. The van der Waals surface area contributed by atoms with Gasteiger partial charge in [0.2, 0.25) is 0 Å². The molecular weight excluding hydrogens is 535 g/mol. The van der Waals surface area contributed by atoms with Crippen LogP contribution in [0.15, 0.2) is 70.2 Å². The number of carbonyl (C=O) groups excluding carboxylic acids is 2. The van der Waals surface area contributed by atoms with E-state index in [1.165, 1.54) is 19.4 Å². The molecule has 0 spiro atoms. The molecule has 0 radical (unpaired) electrons. The molecular formula is C23H17BrCl2N2O5. The van der Waals surface area contributed by atoms with Crippen LogP contribution in [0.4, 0.5) is 0 Å². The summed E-state index contributed by atoms with van der Waals surface area (Å²) in [6, 6.07) is 16.4. The molecule has 0 saturated heterocycles. The Morgan fingerprint density at radius 2 is 1.82 bits per heavy atom. The van der Waals surface area contributed by atoms with Crippen molar-refractivity contribution in [1.82, 2.24) is 5.43 Å². The fourth-order valence-corrected chi connectivity index (χ4v) is 3.43. The number of amides is 1. The van der Waals surface area contributed by atoms with Gasteiger partial charge < -0.3 is 14.2 Å². The van der Waals surface area contributed by atoms with Crippen LogP contribution in [0, 0.1) is 0 Å². The van der Waals surface area contributed by atoms with Crippen molar-refractivity contribution in [2.24, 2.45) is 5.10 Å². The minimum atomic E-state index is -0.524. The molecule has 10 heteroatoms. The van der Waals surface area contributed by atoms with Crippen LogP contribution in [-0.4, -0.2) is 31.8 Å². The van der Waals surface area contributed by atoms with E-state index in [0.29, 0.717) is 32.7 Å². The molecule has 0 saturated carbocycles. The second kappa shape index (κ2) is 11.7. The molecule has 1 amide bonds. The molecule has 3 rings (SSSR count). The third kappa shape index (κ3) is 7.21. The quantitative estimate of drug-likeness (QED) is 0.172. The molecule has 170 valence electrons. The number of esters is 1. The second-order valence-electron chi connectivity index (χ2n) is 6.47. The van der Waals surface area contributed by atoms with Crippen LogP contribution < -0.4 is 19.6 Å². The summed E-state index contributed by atoms with van der Waals surface area (Å²) in [5.41, 5.74) is 3.35. The van der Waals surface area contributed by atoms with Gasteiger partial charge in [0.1, 0.15) is 5.75 Å². The van der Waals surface area contributed by atoms with E-state index in [9.17, 15) is 9.59 Å². The van der Waals surface area contributed by atoms with Gasteiger partial charge in [0.25, 0.3) is 5.91 Å². The SMILES string of the molecule is COc1cc(C=NNC(=O)COc2ccc(Cl)cc2Cl)ccc1OC(=O)c1cccc(Br)c1. The first kappa shape index (κ1) is 24.6. The lowest BCUT2D eigenvalue weighted by Gasteiger charge is -2.10. The van der Waals surface area contributed by atoms with Gasteiger partial charge >= 0.3 is 5.97 Å². The summed E-state index contributed by atoms with van der Waals surface area (Å²) in [5.74, 6) is -0.1000. The van der Waals surface area contributed by atoms with Crippen LogP contribution in [0.25, 0.3) is 0 Å². The second-order valence-corrected chi connectivity index (χ2v) is 8.23. The minimum absolute atomic E-state index is 0.247. The molecule has 3 aromatic rings. The zero-order chi connectivity index (χ0) is 23.8. The Bertz CT molecular complexity index is 1200. The Morgan fingerprint density at radius 1 is 1.03 bits per heavy atom. The number of methoxy groups -OCH3 is 1.